The van der Waals surface area contributed by atoms with Gasteiger partial charge in [0.1, 0.15) is 17.5 Å². The molecule has 0 aromatic carbocycles. The van der Waals surface area contributed by atoms with Crippen molar-refractivity contribution in [2.24, 2.45) is 0 Å². The summed E-state index contributed by atoms with van der Waals surface area (Å²) in [6, 6.07) is 2.85. The molecule has 12 heteroatoms. The highest BCUT2D eigenvalue weighted by Gasteiger charge is 2.42. The van der Waals surface area contributed by atoms with Crippen LogP contribution < -0.4 is 16.0 Å². The van der Waals surface area contributed by atoms with E-state index >= 15 is 0 Å². The average Bonchev–Trinajstić information content (AvgIpc) is 3.72. The fourth-order valence-corrected chi connectivity index (χ4v) is 4.49. The third kappa shape index (κ3) is 4.76. The Bertz CT molecular complexity index is 1480. The molecule has 1 atom stereocenters. The number of hydrogen-bond acceptors (Lipinski definition) is 8. The fourth-order valence-electron chi connectivity index (χ4n) is 4.49. The number of fused-ring (bicyclic) bond motifs is 1. The summed E-state index contributed by atoms with van der Waals surface area (Å²) in [5.41, 5.74) is 1.99. The molecular formula is C25H22F4N8. The number of piperidine rings is 1. The predicted octanol–water partition coefficient (Wildman–Crippen LogP) is 4.79. The Balaban J connectivity index is 1.41. The molecule has 4 aromatic heterocycles. The van der Waals surface area contributed by atoms with Gasteiger partial charge in [0.25, 0.3) is 5.92 Å². The zero-order valence-electron chi connectivity index (χ0n) is 19.5. The second-order valence-electron chi connectivity index (χ2n) is 9.26. The molecule has 190 valence electrons. The zero-order valence-corrected chi connectivity index (χ0v) is 19.5. The lowest BCUT2D eigenvalue weighted by atomic mass is 10.0. The molecule has 37 heavy (non-hydrogen) atoms. The number of pyridine rings is 3. The van der Waals surface area contributed by atoms with E-state index in [2.05, 4.69) is 40.9 Å². The number of hydrogen-bond donors (Lipinski definition) is 3. The van der Waals surface area contributed by atoms with E-state index in [-0.39, 0.29) is 23.9 Å². The maximum atomic E-state index is 14.7. The van der Waals surface area contributed by atoms with Gasteiger partial charge in [0.2, 0.25) is 0 Å². The van der Waals surface area contributed by atoms with Crippen LogP contribution in [0, 0.1) is 11.6 Å². The number of anilines is 3. The predicted molar refractivity (Wildman–Crippen MR) is 130 cm³/mol. The highest BCUT2D eigenvalue weighted by molar-refractivity contribution is 5.93. The molecule has 1 aliphatic carbocycles. The molecule has 0 amide bonds. The normalized spacial score (nSPS) is 19.1. The van der Waals surface area contributed by atoms with Gasteiger partial charge in [0, 0.05) is 29.4 Å². The third-order valence-corrected chi connectivity index (χ3v) is 6.52. The Morgan fingerprint density at radius 1 is 0.973 bits per heavy atom. The number of halogens is 4. The minimum Gasteiger partial charge on any atom is -0.361 e. The van der Waals surface area contributed by atoms with Crippen LogP contribution in [-0.2, 0) is 0 Å². The van der Waals surface area contributed by atoms with Crippen LogP contribution in [0.5, 0.6) is 0 Å². The molecule has 1 saturated heterocycles. The highest BCUT2D eigenvalue weighted by atomic mass is 19.3. The molecule has 1 aliphatic heterocycles. The first-order chi connectivity index (χ1) is 17.9. The van der Waals surface area contributed by atoms with Gasteiger partial charge < -0.3 is 16.0 Å². The number of alkyl halides is 2. The molecule has 1 unspecified atom stereocenters. The number of aromatic nitrogens is 5. The van der Waals surface area contributed by atoms with Gasteiger partial charge in [-0.1, -0.05) is 0 Å². The summed E-state index contributed by atoms with van der Waals surface area (Å²) in [6.45, 7) is 0.0540. The van der Waals surface area contributed by atoms with Crippen molar-refractivity contribution < 1.29 is 17.6 Å². The van der Waals surface area contributed by atoms with Gasteiger partial charge >= 0.3 is 0 Å². The molecule has 3 N–H and O–H groups in total. The smallest absolute Gasteiger partial charge is 0.279 e. The van der Waals surface area contributed by atoms with E-state index < -0.39 is 30.1 Å². The van der Waals surface area contributed by atoms with Crippen molar-refractivity contribution in [3.8, 4) is 11.4 Å². The largest absolute Gasteiger partial charge is 0.361 e. The van der Waals surface area contributed by atoms with Gasteiger partial charge in [-0.05, 0) is 49.4 Å². The topological polar surface area (TPSA) is 101 Å². The monoisotopic (exact) mass is 510 g/mol. The van der Waals surface area contributed by atoms with Crippen molar-refractivity contribution in [2.45, 2.75) is 37.1 Å². The van der Waals surface area contributed by atoms with E-state index in [1.807, 2.05) is 0 Å². The Hall–Kier alpha value is -3.93. The van der Waals surface area contributed by atoms with Crippen LogP contribution in [0.25, 0.3) is 22.3 Å². The van der Waals surface area contributed by atoms with Crippen molar-refractivity contribution in [3.63, 3.8) is 0 Å². The molecule has 0 bridgehead atoms. The second kappa shape index (κ2) is 9.18. The molecule has 1 saturated carbocycles. The van der Waals surface area contributed by atoms with Gasteiger partial charge in [-0.2, -0.15) is 0 Å². The summed E-state index contributed by atoms with van der Waals surface area (Å²) in [6.07, 6.45) is 7.94. The standard InChI is InChI=1S/C25H22F4N8/c26-15-8-17(27)23(33-9-15)36-20-7-14(3-6-32-20)22-34-18-11-31-10-16(13-1-2-13)21(18)24(37-22)35-19-4-5-30-12-25(19,28)29/h3,6-11,13,19,30H,1-2,4-5,12H2,(H,32,33,36)(H,34,35,37). The quantitative estimate of drug-likeness (QED) is 0.319. The molecule has 2 aliphatic rings. The van der Waals surface area contributed by atoms with Crippen LogP contribution in [0.4, 0.5) is 35.0 Å². The number of nitrogens with zero attached hydrogens (tertiary/aromatic N) is 5. The van der Waals surface area contributed by atoms with Crippen molar-refractivity contribution in [3.05, 3.63) is 60.2 Å². The zero-order chi connectivity index (χ0) is 25.6. The van der Waals surface area contributed by atoms with Crippen LogP contribution in [0.15, 0.2) is 43.0 Å². The Morgan fingerprint density at radius 3 is 2.62 bits per heavy atom. The summed E-state index contributed by atoms with van der Waals surface area (Å²) >= 11 is 0. The minimum absolute atomic E-state index is 0.195. The lowest BCUT2D eigenvalue weighted by molar-refractivity contribution is -0.0322. The van der Waals surface area contributed by atoms with Crippen LogP contribution >= 0.6 is 0 Å². The van der Waals surface area contributed by atoms with E-state index in [0.29, 0.717) is 40.8 Å². The first-order valence-electron chi connectivity index (χ1n) is 11.9. The van der Waals surface area contributed by atoms with Gasteiger partial charge in [0.15, 0.2) is 17.5 Å². The molecule has 0 radical (unpaired) electrons. The summed E-state index contributed by atoms with van der Waals surface area (Å²) in [7, 11) is 0. The highest BCUT2D eigenvalue weighted by Crippen LogP contribution is 2.44. The van der Waals surface area contributed by atoms with Crippen LogP contribution in [-0.4, -0.2) is 50.0 Å². The fraction of sp³-hybridized carbons (Fsp3) is 0.320. The van der Waals surface area contributed by atoms with Crippen molar-refractivity contribution >= 4 is 28.4 Å². The minimum atomic E-state index is -2.96. The lowest BCUT2D eigenvalue weighted by Gasteiger charge is -2.33. The molecule has 2 fully saturated rings. The second-order valence-corrected chi connectivity index (χ2v) is 9.26. The van der Waals surface area contributed by atoms with Gasteiger partial charge in [-0.3, -0.25) is 4.98 Å². The van der Waals surface area contributed by atoms with Crippen LogP contribution in [0.2, 0.25) is 0 Å². The van der Waals surface area contributed by atoms with Crippen molar-refractivity contribution in [2.75, 3.05) is 23.7 Å². The molecule has 8 nitrogen and oxygen atoms in total. The van der Waals surface area contributed by atoms with Gasteiger partial charge in [0.05, 0.1) is 30.5 Å². The van der Waals surface area contributed by atoms with Crippen molar-refractivity contribution in [1.29, 1.82) is 0 Å². The Labute approximate surface area is 209 Å². The Morgan fingerprint density at radius 2 is 1.84 bits per heavy atom. The number of nitrogens with one attached hydrogen (secondary N) is 3. The maximum absolute atomic E-state index is 14.7. The molecule has 5 heterocycles. The summed E-state index contributed by atoms with van der Waals surface area (Å²) in [5, 5.41) is 9.17. The molecule has 6 rings (SSSR count). The maximum Gasteiger partial charge on any atom is 0.279 e. The summed E-state index contributed by atoms with van der Waals surface area (Å²) in [5.74, 6) is -3.71. The van der Waals surface area contributed by atoms with E-state index in [1.165, 1.54) is 6.20 Å². The molecule has 4 aromatic rings. The summed E-state index contributed by atoms with van der Waals surface area (Å²) < 4.78 is 56.7. The van der Waals surface area contributed by atoms with Gasteiger partial charge in [-0.25, -0.2) is 37.5 Å². The van der Waals surface area contributed by atoms with E-state index in [9.17, 15) is 17.6 Å². The third-order valence-electron chi connectivity index (χ3n) is 6.52. The lowest BCUT2D eigenvalue weighted by Crippen LogP contribution is -2.53. The average molecular weight is 510 g/mol. The first-order valence-corrected chi connectivity index (χ1v) is 11.9. The van der Waals surface area contributed by atoms with Crippen molar-refractivity contribution in [1.82, 2.24) is 30.2 Å². The SMILES string of the molecule is Fc1cnc(Nc2cc(-c3nc(NC4CCNCC4(F)F)c4c(C5CC5)cncc4n3)ccn2)c(F)c1. The van der Waals surface area contributed by atoms with Crippen LogP contribution in [0.3, 0.4) is 0 Å². The molecular weight excluding hydrogens is 488 g/mol. The van der Waals surface area contributed by atoms with Crippen LogP contribution in [0.1, 0.15) is 30.7 Å². The van der Waals surface area contributed by atoms with E-state index in [1.54, 1.807) is 24.5 Å². The Kier molecular flexibility index (Phi) is 5.82. The van der Waals surface area contributed by atoms with Gasteiger partial charge in [-0.15, -0.1) is 0 Å². The van der Waals surface area contributed by atoms with E-state index in [0.717, 1.165) is 24.6 Å². The molecule has 0 spiro atoms. The first kappa shape index (κ1) is 23.5. The summed E-state index contributed by atoms with van der Waals surface area (Å²) in [4.78, 5) is 21.6. The number of rotatable bonds is 6. The van der Waals surface area contributed by atoms with E-state index in [4.69, 9.17) is 0 Å².